The predicted molar refractivity (Wildman–Crippen MR) is 85.3 cm³/mol. The molecule has 4 heteroatoms. The van der Waals surface area contributed by atoms with Crippen LogP contribution in [0.25, 0.3) is 0 Å². The minimum atomic E-state index is -1.13. The van der Waals surface area contributed by atoms with Crippen LogP contribution < -0.4 is 0 Å². The lowest BCUT2D eigenvalue weighted by Crippen LogP contribution is -2.30. The number of Topliss-reactive ketones (excluding diaryl/α,β-unsaturated/α-hetero) is 3. The molecule has 0 N–H and O–H groups in total. The Morgan fingerprint density at radius 1 is 0.826 bits per heavy atom. The molecule has 0 aliphatic rings. The molecule has 0 heterocycles. The predicted octanol–water partition coefficient (Wildman–Crippen LogP) is 2.92. The first-order chi connectivity index (χ1) is 11.1. The van der Waals surface area contributed by atoms with Gasteiger partial charge in [0.25, 0.3) is 0 Å². The van der Waals surface area contributed by atoms with Crippen LogP contribution in [0.15, 0.2) is 60.7 Å². The highest BCUT2D eigenvalue weighted by molar-refractivity contribution is 6.47. The van der Waals surface area contributed by atoms with Crippen LogP contribution in [0.5, 0.6) is 0 Å². The van der Waals surface area contributed by atoms with E-state index in [2.05, 4.69) is 0 Å². The van der Waals surface area contributed by atoms with Crippen molar-refractivity contribution in [2.24, 2.45) is 5.92 Å². The molecule has 1 unspecified atom stereocenters. The zero-order valence-corrected chi connectivity index (χ0v) is 12.5. The van der Waals surface area contributed by atoms with Crippen molar-refractivity contribution in [3.63, 3.8) is 0 Å². The molecule has 0 saturated heterocycles. The zero-order valence-electron chi connectivity index (χ0n) is 12.5. The fourth-order valence-electron chi connectivity index (χ4n) is 2.31. The van der Waals surface area contributed by atoms with Crippen molar-refractivity contribution >= 4 is 23.6 Å². The van der Waals surface area contributed by atoms with Crippen molar-refractivity contribution in [3.8, 4) is 0 Å². The summed E-state index contributed by atoms with van der Waals surface area (Å²) in [6.45, 7) is 0. The van der Waals surface area contributed by atoms with Crippen molar-refractivity contribution < 1.29 is 19.2 Å². The van der Waals surface area contributed by atoms with Gasteiger partial charge >= 0.3 is 0 Å². The lowest BCUT2D eigenvalue weighted by atomic mass is 9.86. The molecule has 4 nitrogen and oxygen atoms in total. The molecule has 116 valence electrons. The van der Waals surface area contributed by atoms with E-state index in [0.717, 1.165) is 0 Å². The molecule has 0 spiro atoms. The van der Waals surface area contributed by atoms with Gasteiger partial charge in [0.2, 0.25) is 11.6 Å². The molecular weight excluding hydrogens is 292 g/mol. The first-order valence-corrected chi connectivity index (χ1v) is 7.31. The fourth-order valence-corrected chi connectivity index (χ4v) is 2.31. The number of hydrogen-bond acceptors (Lipinski definition) is 4. The Morgan fingerprint density at radius 2 is 1.35 bits per heavy atom. The van der Waals surface area contributed by atoms with Gasteiger partial charge in [-0.1, -0.05) is 60.7 Å². The Kier molecular flexibility index (Phi) is 5.69. The largest absolute Gasteiger partial charge is 0.303 e. The fraction of sp³-hybridized carbons (Fsp3) is 0.158. The monoisotopic (exact) mass is 308 g/mol. The van der Waals surface area contributed by atoms with E-state index >= 15 is 0 Å². The Morgan fingerprint density at radius 3 is 1.87 bits per heavy atom. The average molecular weight is 308 g/mol. The first-order valence-electron chi connectivity index (χ1n) is 7.31. The number of carbonyl (C=O) groups excluding carboxylic acids is 4. The highest BCUT2D eigenvalue weighted by Crippen LogP contribution is 2.18. The van der Waals surface area contributed by atoms with Crippen LogP contribution in [0.4, 0.5) is 0 Å². The second-order valence-electron chi connectivity index (χ2n) is 5.09. The average Bonchev–Trinajstić information content (AvgIpc) is 2.62. The minimum Gasteiger partial charge on any atom is -0.303 e. The van der Waals surface area contributed by atoms with Gasteiger partial charge in [-0.3, -0.25) is 14.4 Å². The van der Waals surface area contributed by atoms with Crippen LogP contribution in [-0.4, -0.2) is 23.6 Å². The maximum absolute atomic E-state index is 12.5. The van der Waals surface area contributed by atoms with Crippen LogP contribution in [0.3, 0.4) is 0 Å². The van der Waals surface area contributed by atoms with Gasteiger partial charge in [-0.25, -0.2) is 0 Å². The molecule has 2 aromatic rings. The van der Waals surface area contributed by atoms with E-state index < -0.39 is 23.3 Å². The summed E-state index contributed by atoms with van der Waals surface area (Å²) in [4.78, 5) is 47.9. The van der Waals surface area contributed by atoms with E-state index in [0.29, 0.717) is 11.8 Å². The van der Waals surface area contributed by atoms with E-state index in [1.54, 1.807) is 48.5 Å². The van der Waals surface area contributed by atoms with E-state index in [4.69, 9.17) is 0 Å². The molecule has 0 aliphatic heterocycles. The Bertz CT molecular complexity index is 705. The summed E-state index contributed by atoms with van der Waals surface area (Å²) >= 11 is 0. The van der Waals surface area contributed by atoms with Crippen molar-refractivity contribution in [2.75, 3.05) is 0 Å². The molecule has 0 fully saturated rings. The summed E-state index contributed by atoms with van der Waals surface area (Å²) in [5.74, 6) is -3.03. The SMILES string of the molecule is O=CCCC(C(=O)C(=O)c1ccccc1)C(=O)c1ccccc1. The molecule has 0 amide bonds. The molecular formula is C19H16O4. The zero-order chi connectivity index (χ0) is 16.7. The number of benzene rings is 2. The van der Waals surface area contributed by atoms with Gasteiger partial charge in [0.05, 0.1) is 5.92 Å². The molecule has 0 bridgehead atoms. The topological polar surface area (TPSA) is 68.3 Å². The summed E-state index contributed by atoms with van der Waals surface area (Å²) < 4.78 is 0. The standard InChI is InChI=1S/C19H16O4/c20-13-7-12-16(17(21)14-8-3-1-4-9-14)19(23)18(22)15-10-5-2-6-11-15/h1-6,8-11,13,16H,7,12H2. The van der Waals surface area contributed by atoms with Crippen molar-refractivity contribution in [3.05, 3.63) is 71.8 Å². The van der Waals surface area contributed by atoms with Gasteiger partial charge in [0.15, 0.2) is 5.78 Å². The lowest BCUT2D eigenvalue weighted by Gasteiger charge is -2.13. The summed E-state index contributed by atoms with van der Waals surface area (Å²) in [7, 11) is 0. The van der Waals surface area contributed by atoms with Gasteiger partial charge in [0, 0.05) is 17.5 Å². The molecule has 0 saturated carbocycles. The van der Waals surface area contributed by atoms with E-state index in [1.165, 1.54) is 12.1 Å². The Labute approximate surface area is 134 Å². The number of hydrogen-bond donors (Lipinski definition) is 0. The highest BCUT2D eigenvalue weighted by atomic mass is 16.2. The van der Waals surface area contributed by atoms with Gasteiger partial charge in [0.1, 0.15) is 6.29 Å². The third-order valence-electron chi connectivity index (χ3n) is 3.52. The van der Waals surface area contributed by atoms with Gasteiger partial charge in [-0.15, -0.1) is 0 Å². The smallest absolute Gasteiger partial charge is 0.229 e. The number of aldehydes is 1. The van der Waals surface area contributed by atoms with Crippen LogP contribution in [0, 0.1) is 5.92 Å². The number of ketones is 3. The van der Waals surface area contributed by atoms with Gasteiger partial charge in [-0.05, 0) is 6.42 Å². The van der Waals surface area contributed by atoms with Crippen LogP contribution in [0.1, 0.15) is 33.6 Å². The van der Waals surface area contributed by atoms with Crippen LogP contribution in [-0.2, 0) is 9.59 Å². The number of rotatable bonds is 8. The maximum Gasteiger partial charge on any atom is 0.229 e. The summed E-state index contributed by atoms with van der Waals surface area (Å²) in [5.41, 5.74) is 0.604. The molecule has 2 rings (SSSR count). The molecule has 0 aromatic heterocycles. The van der Waals surface area contributed by atoms with Crippen LogP contribution in [0.2, 0.25) is 0 Å². The molecule has 0 radical (unpaired) electrons. The van der Waals surface area contributed by atoms with Crippen molar-refractivity contribution in [1.29, 1.82) is 0 Å². The third-order valence-corrected chi connectivity index (χ3v) is 3.52. The molecule has 23 heavy (non-hydrogen) atoms. The van der Waals surface area contributed by atoms with Crippen LogP contribution >= 0.6 is 0 Å². The molecule has 0 aliphatic carbocycles. The molecule has 2 aromatic carbocycles. The Hall–Kier alpha value is -2.88. The Balaban J connectivity index is 2.27. The highest BCUT2D eigenvalue weighted by Gasteiger charge is 2.32. The third kappa shape index (κ3) is 4.07. The second-order valence-corrected chi connectivity index (χ2v) is 5.09. The quantitative estimate of drug-likeness (QED) is 0.325. The van der Waals surface area contributed by atoms with Gasteiger partial charge in [-0.2, -0.15) is 0 Å². The summed E-state index contributed by atoms with van der Waals surface area (Å²) in [6.07, 6.45) is 0.733. The van der Waals surface area contributed by atoms with Crippen molar-refractivity contribution in [2.45, 2.75) is 12.8 Å². The normalized spacial score (nSPS) is 11.5. The van der Waals surface area contributed by atoms with Gasteiger partial charge < -0.3 is 4.79 Å². The maximum atomic E-state index is 12.5. The number of carbonyl (C=O) groups is 4. The summed E-state index contributed by atoms with van der Waals surface area (Å²) in [6, 6.07) is 16.4. The van der Waals surface area contributed by atoms with E-state index in [-0.39, 0.29) is 18.4 Å². The molecule has 1 atom stereocenters. The lowest BCUT2D eigenvalue weighted by molar-refractivity contribution is -0.117. The summed E-state index contributed by atoms with van der Waals surface area (Å²) in [5, 5.41) is 0. The first kappa shape index (κ1) is 16.5. The second kappa shape index (κ2) is 7.94. The van der Waals surface area contributed by atoms with Crippen molar-refractivity contribution in [1.82, 2.24) is 0 Å². The van der Waals surface area contributed by atoms with E-state index in [1.807, 2.05) is 0 Å². The minimum absolute atomic E-state index is 0.0363. The van der Waals surface area contributed by atoms with E-state index in [9.17, 15) is 19.2 Å².